The van der Waals surface area contributed by atoms with Crippen LogP contribution in [0.3, 0.4) is 0 Å². The highest BCUT2D eigenvalue weighted by molar-refractivity contribution is 5.71. The van der Waals surface area contributed by atoms with Crippen molar-refractivity contribution in [2.75, 3.05) is 47.5 Å². The Labute approximate surface area is 491 Å². The van der Waals surface area contributed by atoms with Crippen LogP contribution in [0, 0.1) is 0 Å². The molecule has 0 radical (unpaired) electrons. The van der Waals surface area contributed by atoms with Gasteiger partial charge in [0, 0.05) is 12.8 Å². The minimum Gasteiger partial charge on any atom is -0.477 e. The largest absolute Gasteiger partial charge is 0.477 e. The summed E-state index contributed by atoms with van der Waals surface area (Å²) in [7, 11) is 5.99. The molecule has 0 aliphatic rings. The molecule has 0 aliphatic carbocycles. The van der Waals surface area contributed by atoms with Gasteiger partial charge in [0.25, 0.3) is 6.29 Å². The summed E-state index contributed by atoms with van der Waals surface area (Å²) in [5.74, 6) is -1.97. The Bertz CT molecular complexity index is 1300. The smallest absolute Gasteiger partial charge is 0.361 e. The first kappa shape index (κ1) is 77.0. The van der Waals surface area contributed by atoms with E-state index in [0.29, 0.717) is 17.4 Å². The third-order valence-corrected chi connectivity index (χ3v) is 16.0. The van der Waals surface area contributed by atoms with E-state index in [1.807, 2.05) is 21.1 Å². The van der Waals surface area contributed by atoms with Crippen molar-refractivity contribution in [3.63, 3.8) is 0 Å². The van der Waals surface area contributed by atoms with Crippen molar-refractivity contribution in [2.24, 2.45) is 0 Å². The molecular formula is C70H136NO8+. The summed E-state index contributed by atoms with van der Waals surface area (Å²) in [6.07, 6.45) is 71.9. The van der Waals surface area contributed by atoms with Crippen molar-refractivity contribution in [2.45, 2.75) is 373 Å². The number of nitrogens with zero attached hydrogens (tertiary/aromatic N) is 1. The molecule has 0 aromatic rings. The van der Waals surface area contributed by atoms with E-state index < -0.39 is 18.4 Å². The van der Waals surface area contributed by atoms with E-state index >= 15 is 0 Å². The summed E-state index contributed by atoms with van der Waals surface area (Å²) in [6.45, 7) is 4.96. The molecule has 0 fully saturated rings. The third kappa shape index (κ3) is 63.5. The Kier molecular flexibility index (Phi) is 60.5. The van der Waals surface area contributed by atoms with Crippen molar-refractivity contribution in [1.82, 2.24) is 0 Å². The van der Waals surface area contributed by atoms with Crippen LogP contribution in [0.5, 0.6) is 0 Å². The van der Waals surface area contributed by atoms with Gasteiger partial charge in [0.05, 0.1) is 34.4 Å². The van der Waals surface area contributed by atoms with Gasteiger partial charge >= 0.3 is 17.9 Å². The molecule has 2 atom stereocenters. The van der Waals surface area contributed by atoms with Crippen molar-refractivity contribution >= 4 is 17.9 Å². The zero-order valence-electron chi connectivity index (χ0n) is 53.6. The lowest BCUT2D eigenvalue weighted by atomic mass is 10.0. The molecule has 0 saturated carbocycles. The van der Waals surface area contributed by atoms with Gasteiger partial charge in [-0.25, -0.2) is 4.79 Å². The minimum atomic E-state index is -1.51. The summed E-state index contributed by atoms with van der Waals surface area (Å²) >= 11 is 0. The van der Waals surface area contributed by atoms with Crippen LogP contribution >= 0.6 is 0 Å². The first-order chi connectivity index (χ1) is 38.6. The summed E-state index contributed by atoms with van der Waals surface area (Å²) < 4.78 is 23.0. The SMILES string of the molecule is CCCCCCCCCC/C=C\CCCCCCCCCCCCCCCC(=O)OC(COC(=O)CCCCCCCCCCCCCCCCCCCCCCCCCCCCCCC)COC(OCC[N+](C)(C)C)C(=O)O. The van der Waals surface area contributed by atoms with E-state index in [0.717, 1.165) is 38.5 Å². The number of quaternary nitrogens is 1. The zero-order valence-corrected chi connectivity index (χ0v) is 53.6. The molecule has 0 aromatic carbocycles. The minimum absolute atomic E-state index is 0.174. The van der Waals surface area contributed by atoms with Gasteiger partial charge < -0.3 is 28.5 Å². The van der Waals surface area contributed by atoms with Crippen LogP contribution < -0.4 is 0 Å². The molecule has 0 amide bonds. The second-order valence-electron chi connectivity index (χ2n) is 25.2. The highest BCUT2D eigenvalue weighted by Gasteiger charge is 2.25. The molecule has 0 bridgehead atoms. The topological polar surface area (TPSA) is 108 Å². The quantitative estimate of drug-likeness (QED) is 0.0211. The molecule has 0 heterocycles. The van der Waals surface area contributed by atoms with E-state index in [1.54, 1.807) is 0 Å². The fourth-order valence-corrected chi connectivity index (χ4v) is 10.7. The van der Waals surface area contributed by atoms with Gasteiger partial charge in [-0.1, -0.05) is 321 Å². The lowest BCUT2D eigenvalue weighted by Gasteiger charge is -2.25. The number of carbonyl (C=O) groups is 3. The highest BCUT2D eigenvalue weighted by atomic mass is 16.7. The third-order valence-electron chi connectivity index (χ3n) is 16.0. The number of esters is 2. The average molecular weight is 1120 g/mol. The van der Waals surface area contributed by atoms with Crippen molar-refractivity contribution < 1.29 is 42.9 Å². The number of carboxylic acids is 1. The van der Waals surface area contributed by atoms with Gasteiger partial charge in [-0.3, -0.25) is 9.59 Å². The summed E-state index contributed by atoms with van der Waals surface area (Å²) in [5, 5.41) is 9.74. The monoisotopic (exact) mass is 1120 g/mol. The second-order valence-corrected chi connectivity index (χ2v) is 25.2. The van der Waals surface area contributed by atoms with E-state index in [-0.39, 0.29) is 38.2 Å². The fourth-order valence-electron chi connectivity index (χ4n) is 10.7. The number of allylic oxidation sites excluding steroid dienone is 2. The van der Waals surface area contributed by atoms with Gasteiger partial charge in [0.1, 0.15) is 13.2 Å². The van der Waals surface area contributed by atoms with Crippen LogP contribution in [0.15, 0.2) is 12.2 Å². The second kappa shape index (κ2) is 62.1. The molecule has 0 aromatic heterocycles. The number of carboxylic acid groups (broad SMARTS) is 1. The standard InChI is InChI=1S/C70H135NO8/c1-6-8-10-12-14-16-18-20-22-24-26-28-30-32-33-34-35-37-38-40-42-44-46-48-50-52-54-56-58-60-67(72)77-64-66(65-78-70(69(74)75)76-63-62-71(3,4)5)79-68(73)61-59-57-55-53-51-49-47-45-43-41-39-36-31-29-27-25-23-21-19-17-15-13-11-9-7-2/h25,27,66,70H,6-24,26,28-65H2,1-5H3/p+1/b27-25-. The van der Waals surface area contributed by atoms with Gasteiger partial charge in [-0.2, -0.15) is 0 Å². The Balaban J connectivity index is 4.06. The Morgan fingerprint density at radius 1 is 0.367 bits per heavy atom. The molecule has 79 heavy (non-hydrogen) atoms. The van der Waals surface area contributed by atoms with E-state index in [2.05, 4.69) is 26.0 Å². The van der Waals surface area contributed by atoms with Crippen molar-refractivity contribution in [3.8, 4) is 0 Å². The maximum atomic E-state index is 12.9. The van der Waals surface area contributed by atoms with Crippen LogP contribution in [0.25, 0.3) is 0 Å². The molecule has 1 N–H and O–H groups in total. The van der Waals surface area contributed by atoms with E-state index in [9.17, 15) is 19.5 Å². The summed E-state index contributed by atoms with van der Waals surface area (Å²) in [6, 6.07) is 0. The Hall–Kier alpha value is -1.97. The number of rotatable bonds is 66. The van der Waals surface area contributed by atoms with Gasteiger partial charge in [0.2, 0.25) is 0 Å². The number of unbranched alkanes of at least 4 members (excludes halogenated alkanes) is 49. The Morgan fingerprint density at radius 2 is 0.646 bits per heavy atom. The Morgan fingerprint density at radius 3 is 0.937 bits per heavy atom. The lowest BCUT2D eigenvalue weighted by Crippen LogP contribution is -2.40. The number of carbonyl (C=O) groups excluding carboxylic acids is 2. The van der Waals surface area contributed by atoms with Gasteiger partial charge in [0.15, 0.2) is 6.10 Å². The molecule has 0 aliphatic heterocycles. The number of hydrogen-bond acceptors (Lipinski definition) is 7. The fraction of sp³-hybridized carbons (Fsp3) is 0.929. The van der Waals surface area contributed by atoms with Crippen LogP contribution in [0.2, 0.25) is 0 Å². The average Bonchev–Trinajstić information content (AvgIpc) is 3.42. The first-order valence-corrected chi connectivity index (χ1v) is 34.9. The van der Waals surface area contributed by atoms with Crippen LogP contribution in [0.1, 0.15) is 361 Å². The molecule has 468 valence electrons. The molecular weight excluding hydrogens is 983 g/mol. The maximum Gasteiger partial charge on any atom is 0.361 e. The van der Waals surface area contributed by atoms with Crippen LogP contribution in [-0.4, -0.2) is 87.4 Å². The molecule has 9 heteroatoms. The summed E-state index contributed by atoms with van der Waals surface area (Å²) in [4.78, 5) is 37.6. The normalized spacial score (nSPS) is 12.7. The number of likely N-dealkylation sites (N-methyl/N-ethyl adjacent to an activating group) is 1. The van der Waals surface area contributed by atoms with Crippen molar-refractivity contribution in [3.05, 3.63) is 12.2 Å². The number of ether oxygens (including phenoxy) is 4. The number of aliphatic carboxylic acids is 1. The van der Waals surface area contributed by atoms with Gasteiger partial charge in [-0.15, -0.1) is 0 Å². The number of hydrogen-bond donors (Lipinski definition) is 1. The maximum absolute atomic E-state index is 12.9. The molecule has 9 nitrogen and oxygen atoms in total. The lowest BCUT2D eigenvalue weighted by molar-refractivity contribution is -0.870. The summed E-state index contributed by atoms with van der Waals surface area (Å²) in [5.41, 5.74) is 0. The molecule has 2 unspecified atom stereocenters. The molecule has 0 saturated heterocycles. The van der Waals surface area contributed by atoms with Crippen molar-refractivity contribution in [1.29, 1.82) is 0 Å². The first-order valence-electron chi connectivity index (χ1n) is 34.9. The molecule has 0 rings (SSSR count). The van der Waals surface area contributed by atoms with E-state index in [4.69, 9.17) is 18.9 Å². The van der Waals surface area contributed by atoms with Crippen LogP contribution in [-0.2, 0) is 33.3 Å². The van der Waals surface area contributed by atoms with E-state index in [1.165, 1.54) is 295 Å². The van der Waals surface area contributed by atoms with Gasteiger partial charge in [-0.05, 0) is 38.5 Å². The highest BCUT2D eigenvalue weighted by Crippen LogP contribution is 2.19. The van der Waals surface area contributed by atoms with Crippen LogP contribution in [0.4, 0.5) is 0 Å². The predicted molar refractivity (Wildman–Crippen MR) is 337 cm³/mol. The predicted octanol–water partition coefficient (Wildman–Crippen LogP) is 21.3. The molecule has 0 spiro atoms. The zero-order chi connectivity index (χ0) is 57.6.